The highest BCUT2D eigenvalue weighted by molar-refractivity contribution is 6.31. The van der Waals surface area contributed by atoms with Crippen molar-refractivity contribution in [2.24, 2.45) is 11.7 Å². The molecule has 30 heavy (non-hydrogen) atoms. The minimum Gasteiger partial charge on any atom is -0.488 e. The number of amides is 1. The molecule has 0 aliphatic rings. The molecule has 0 fully saturated rings. The number of hydrogen-bond donors (Lipinski definition) is 3. The second-order valence-corrected chi connectivity index (χ2v) is 6.97. The van der Waals surface area contributed by atoms with Gasteiger partial charge in [0.2, 0.25) is 6.41 Å². The maximum absolute atomic E-state index is 8.94. The summed E-state index contributed by atoms with van der Waals surface area (Å²) in [5.74, 6) is 11.1. The molecule has 0 saturated heterocycles. The number of halogens is 1. The molecule has 1 amide bonds. The summed E-state index contributed by atoms with van der Waals surface area (Å²) in [4.78, 5) is 13.5. The second kappa shape index (κ2) is 11.2. The fourth-order valence-corrected chi connectivity index (χ4v) is 3.07. The lowest BCUT2D eigenvalue weighted by Gasteiger charge is -2.19. The number of benzene rings is 2. The van der Waals surface area contributed by atoms with Crippen LogP contribution in [-0.2, 0) is 11.4 Å². The van der Waals surface area contributed by atoms with E-state index in [1.54, 1.807) is 17.5 Å². The first-order valence-corrected chi connectivity index (χ1v) is 9.58. The number of aromatic nitrogens is 1. The van der Waals surface area contributed by atoms with Crippen LogP contribution in [-0.4, -0.2) is 18.4 Å². The van der Waals surface area contributed by atoms with Gasteiger partial charge >= 0.3 is 0 Å². The van der Waals surface area contributed by atoms with Crippen LogP contribution in [0.25, 0.3) is 11.3 Å². The number of hydrazine groups is 2. The molecule has 0 aliphatic heterocycles. The number of carbonyl (C=O) groups is 1. The first-order valence-electron chi connectivity index (χ1n) is 9.20. The van der Waals surface area contributed by atoms with Gasteiger partial charge in [-0.2, -0.15) is 0 Å². The number of ether oxygens (including phenoxy) is 1. The summed E-state index contributed by atoms with van der Waals surface area (Å²) in [6.07, 6.45) is 0.403. The van der Waals surface area contributed by atoms with Gasteiger partial charge in [0.25, 0.3) is 0 Å². The Balaban J connectivity index is 0.000000735. The van der Waals surface area contributed by atoms with Gasteiger partial charge in [-0.15, -0.1) is 0 Å². The Morgan fingerprint density at radius 3 is 2.47 bits per heavy atom. The fraction of sp³-hybridized carbons (Fsp3) is 0.182. The molecule has 1 heterocycles. The van der Waals surface area contributed by atoms with Crippen molar-refractivity contribution in [1.82, 2.24) is 10.4 Å². The Kier molecular flexibility index (Phi) is 8.61. The lowest BCUT2D eigenvalue weighted by Crippen LogP contribution is -2.26. The summed E-state index contributed by atoms with van der Waals surface area (Å²) < 4.78 is 6.02. The summed E-state index contributed by atoms with van der Waals surface area (Å²) in [6.45, 7) is 4.36. The fourth-order valence-electron chi connectivity index (χ4n) is 2.85. The average molecular weight is 428 g/mol. The molecule has 1 aromatic heterocycles. The molecule has 5 N–H and O–H groups in total. The number of anilines is 1. The monoisotopic (exact) mass is 427 g/mol. The van der Waals surface area contributed by atoms with Gasteiger partial charge in [-0.25, -0.2) is 11.7 Å². The molecule has 7 nitrogen and oxygen atoms in total. The van der Waals surface area contributed by atoms with Crippen molar-refractivity contribution >= 4 is 23.7 Å². The van der Waals surface area contributed by atoms with E-state index in [-0.39, 0.29) is 0 Å². The molecular weight excluding hydrogens is 402 g/mol. The normalized spacial score (nSPS) is 9.93. The quantitative estimate of drug-likeness (QED) is 0.240. The van der Waals surface area contributed by atoms with Crippen LogP contribution in [0.1, 0.15) is 16.8 Å². The number of nitrogens with one attached hydrogen (secondary N) is 1. The van der Waals surface area contributed by atoms with Crippen LogP contribution in [0.2, 0.25) is 5.02 Å². The Labute approximate surface area is 181 Å². The Morgan fingerprint density at radius 2 is 1.87 bits per heavy atom. The van der Waals surface area contributed by atoms with E-state index in [4.69, 9.17) is 27.0 Å². The van der Waals surface area contributed by atoms with E-state index >= 15 is 0 Å². The minimum absolute atomic E-state index is 0.347. The number of carbonyl (C=O) groups excluding carboxylic acids is 1. The maximum Gasteiger partial charge on any atom is 0.221 e. The van der Waals surface area contributed by atoms with Gasteiger partial charge in [0.1, 0.15) is 12.4 Å². The first-order chi connectivity index (χ1) is 14.4. The van der Waals surface area contributed by atoms with Crippen molar-refractivity contribution < 1.29 is 9.53 Å². The molecular formula is C22H26ClN5O2. The lowest BCUT2D eigenvalue weighted by atomic mass is 10.1. The van der Waals surface area contributed by atoms with Crippen LogP contribution in [0.4, 0.5) is 5.69 Å². The van der Waals surface area contributed by atoms with Gasteiger partial charge < -0.3 is 9.75 Å². The van der Waals surface area contributed by atoms with Gasteiger partial charge in [0.15, 0.2) is 0 Å². The Hall–Kier alpha value is -3.13. The smallest absolute Gasteiger partial charge is 0.221 e. The predicted molar refractivity (Wildman–Crippen MR) is 121 cm³/mol. The average Bonchev–Trinajstić information content (AvgIpc) is 2.73. The zero-order valence-electron chi connectivity index (χ0n) is 17.2. The van der Waals surface area contributed by atoms with Gasteiger partial charge in [0, 0.05) is 28.9 Å². The van der Waals surface area contributed by atoms with E-state index < -0.39 is 0 Å². The molecule has 0 radical (unpaired) electrons. The molecule has 0 atom stereocenters. The first kappa shape index (κ1) is 23.2. The molecule has 0 spiro atoms. The highest BCUT2D eigenvalue weighted by atomic mass is 35.5. The van der Waals surface area contributed by atoms with E-state index in [9.17, 15) is 0 Å². The van der Waals surface area contributed by atoms with E-state index in [1.165, 1.54) is 0 Å². The molecule has 0 saturated carbocycles. The molecule has 158 valence electrons. The SMILES string of the molecule is Cc1cccc(-c2ccc(OCc3c(Cl)cccc3N(C)N)c(C)c2)n1.NNC=O. The van der Waals surface area contributed by atoms with Crippen molar-refractivity contribution in [3.05, 3.63) is 76.4 Å². The van der Waals surface area contributed by atoms with Crippen LogP contribution in [0.3, 0.4) is 0 Å². The lowest BCUT2D eigenvalue weighted by molar-refractivity contribution is -0.109. The summed E-state index contributed by atoms with van der Waals surface area (Å²) in [5.41, 5.74) is 7.52. The van der Waals surface area contributed by atoms with Crippen LogP contribution in [0.15, 0.2) is 54.6 Å². The number of rotatable bonds is 6. The van der Waals surface area contributed by atoms with Crippen LogP contribution >= 0.6 is 11.6 Å². The number of aryl methyl sites for hydroxylation is 2. The Morgan fingerprint density at radius 1 is 1.17 bits per heavy atom. The molecule has 0 aliphatic carbocycles. The molecule has 0 bridgehead atoms. The third-order valence-electron chi connectivity index (χ3n) is 4.27. The van der Waals surface area contributed by atoms with Crippen molar-refractivity contribution in [2.75, 3.05) is 12.1 Å². The van der Waals surface area contributed by atoms with Crippen LogP contribution in [0, 0.1) is 13.8 Å². The molecule has 3 aromatic rings. The molecule has 3 rings (SSSR count). The minimum atomic E-state index is 0.347. The van der Waals surface area contributed by atoms with E-state index in [2.05, 4.69) is 16.9 Å². The number of nitrogens with two attached hydrogens (primary N) is 2. The van der Waals surface area contributed by atoms with Crippen LogP contribution < -0.4 is 26.9 Å². The van der Waals surface area contributed by atoms with Crippen molar-refractivity contribution in [2.45, 2.75) is 20.5 Å². The van der Waals surface area contributed by atoms with Gasteiger partial charge in [-0.05, 0) is 61.9 Å². The third-order valence-corrected chi connectivity index (χ3v) is 4.63. The summed E-state index contributed by atoms with van der Waals surface area (Å²) in [7, 11) is 1.78. The summed E-state index contributed by atoms with van der Waals surface area (Å²) in [5, 5.41) is 2.18. The molecule has 8 heteroatoms. The van der Waals surface area contributed by atoms with E-state index in [0.29, 0.717) is 18.0 Å². The molecule has 2 aromatic carbocycles. The van der Waals surface area contributed by atoms with E-state index in [0.717, 1.165) is 39.5 Å². The maximum atomic E-state index is 8.94. The zero-order chi connectivity index (χ0) is 22.1. The highest BCUT2D eigenvalue weighted by Crippen LogP contribution is 2.30. The van der Waals surface area contributed by atoms with Crippen LogP contribution in [0.5, 0.6) is 5.75 Å². The highest BCUT2D eigenvalue weighted by Gasteiger charge is 2.11. The topological polar surface area (TPSA) is 106 Å². The largest absolute Gasteiger partial charge is 0.488 e. The summed E-state index contributed by atoms with van der Waals surface area (Å²) in [6, 6.07) is 17.7. The van der Waals surface area contributed by atoms with Gasteiger partial charge in [-0.1, -0.05) is 23.7 Å². The van der Waals surface area contributed by atoms with Crippen molar-refractivity contribution in [3.8, 4) is 17.0 Å². The standard InChI is InChI=1S/C21H22ClN3O.CH4N2O/c1-14-12-16(19-8-4-6-15(2)24-19)10-11-21(14)26-13-17-18(22)7-5-9-20(17)25(3)23;2-3-1-4/h4-12H,13,23H2,1-3H3;1H,2H2,(H,3,4). The summed E-state index contributed by atoms with van der Waals surface area (Å²) >= 11 is 6.33. The van der Waals surface area contributed by atoms with Gasteiger partial charge in [0.05, 0.1) is 11.4 Å². The van der Waals surface area contributed by atoms with Crippen molar-refractivity contribution in [1.29, 1.82) is 0 Å². The van der Waals surface area contributed by atoms with Crippen molar-refractivity contribution in [3.63, 3.8) is 0 Å². The zero-order valence-corrected chi connectivity index (χ0v) is 18.0. The number of pyridine rings is 1. The third kappa shape index (κ3) is 6.18. The number of nitrogens with zero attached hydrogens (tertiary/aromatic N) is 2. The van der Waals surface area contributed by atoms with E-state index in [1.807, 2.05) is 62.4 Å². The second-order valence-electron chi connectivity index (χ2n) is 6.57. The molecule has 0 unspecified atom stereocenters. The Bertz CT molecular complexity index is 995. The predicted octanol–water partition coefficient (Wildman–Crippen LogP) is 3.51. The number of hydrogen-bond acceptors (Lipinski definition) is 6. The van der Waals surface area contributed by atoms with Gasteiger partial charge in [-0.3, -0.25) is 15.2 Å².